The van der Waals surface area contributed by atoms with Crippen LogP contribution in [0.1, 0.15) is 0 Å². The Hall–Kier alpha value is -0.790. The third kappa shape index (κ3) is 2.39. The highest BCUT2D eigenvalue weighted by Gasteiger charge is 1.97. The molecule has 0 unspecified atom stereocenters. The summed E-state index contributed by atoms with van der Waals surface area (Å²) in [4.78, 5) is 12.0. The minimum atomic E-state index is -0.0278. The van der Waals surface area contributed by atoms with Crippen LogP contribution in [0.4, 0.5) is 0 Å². The topological polar surface area (TPSA) is 20.3 Å². The van der Waals surface area contributed by atoms with Gasteiger partial charge in [0, 0.05) is 14.1 Å². The summed E-state index contributed by atoms with van der Waals surface area (Å²) < 4.78 is 0. The van der Waals surface area contributed by atoms with Crippen molar-refractivity contribution in [2.75, 3.05) is 14.1 Å². The SMILES string of the molecule is C=C[CH]C(=O)N(C)C. The number of carbonyl (C=O) groups excluding carboxylic acids is 1. The first-order valence-corrected chi connectivity index (χ1v) is 2.35. The van der Waals surface area contributed by atoms with Crippen LogP contribution in [0.15, 0.2) is 12.7 Å². The zero-order valence-electron chi connectivity index (χ0n) is 5.22. The third-order valence-corrected chi connectivity index (χ3v) is 0.701. The van der Waals surface area contributed by atoms with Gasteiger partial charge >= 0.3 is 0 Å². The van der Waals surface area contributed by atoms with Crippen molar-refractivity contribution < 1.29 is 4.79 Å². The first-order chi connectivity index (χ1) is 3.68. The molecule has 1 radical (unpaired) electrons. The van der Waals surface area contributed by atoms with E-state index in [1.165, 1.54) is 17.4 Å². The first kappa shape index (κ1) is 7.21. The molecule has 0 spiro atoms. The Balaban J connectivity index is 3.48. The second kappa shape index (κ2) is 3.24. The van der Waals surface area contributed by atoms with E-state index >= 15 is 0 Å². The number of nitrogens with zero attached hydrogens (tertiary/aromatic N) is 1. The van der Waals surface area contributed by atoms with Gasteiger partial charge in [-0.15, -0.1) is 6.58 Å². The minimum Gasteiger partial charge on any atom is -0.348 e. The molecular formula is C6H10NO. The number of carbonyl (C=O) groups is 1. The molecule has 0 rings (SSSR count). The van der Waals surface area contributed by atoms with Crippen LogP contribution in [0.5, 0.6) is 0 Å². The fraction of sp³-hybridized carbons (Fsp3) is 0.333. The van der Waals surface area contributed by atoms with E-state index in [1.807, 2.05) is 0 Å². The smallest absolute Gasteiger partial charge is 0.230 e. The Kier molecular flexibility index (Phi) is 2.92. The Bertz CT molecular complexity index is 96.7. The zero-order chi connectivity index (χ0) is 6.57. The Labute approximate surface area is 49.8 Å². The highest BCUT2D eigenvalue weighted by molar-refractivity contribution is 5.86. The third-order valence-electron chi connectivity index (χ3n) is 0.701. The maximum absolute atomic E-state index is 10.5. The molecule has 0 heterocycles. The molecule has 2 heteroatoms. The molecule has 0 atom stereocenters. The van der Waals surface area contributed by atoms with E-state index in [9.17, 15) is 4.79 Å². The molecule has 0 aromatic rings. The molecule has 2 nitrogen and oxygen atoms in total. The van der Waals surface area contributed by atoms with Crippen LogP contribution in [-0.2, 0) is 4.79 Å². The summed E-state index contributed by atoms with van der Waals surface area (Å²) >= 11 is 0. The van der Waals surface area contributed by atoms with Crippen molar-refractivity contribution in [3.63, 3.8) is 0 Å². The van der Waals surface area contributed by atoms with Gasteiger partial charge in [-0.05, 0) is 0 Å². The molecule has 0 fully saturated rings. The molecule has 45 valence electrons. The van der Waals surface area contributed by atoms with Crippen molar-refractivity contribution in [3.05, 3.63) is 19.1 Å². The van der Waals surface area contributed by atoms with Gasteiger partial charge in [0.2, 0.25) is 5.91 Å². The summed E-state index contributed by atoms with van der Waals surface area (Å²) in [6.45, 7) is 3.38. The van der Waals surface area contributed by atoms with Gasteiger partial charge in [0.05, 0.1) is 6.42 Å². The van der Waals surface area contributed by atoms with Crippen molar-refractivity contribution in [1.29, 1.82) is 0 Å². The molecule has 0 aliphatic carbocycles. The molecule has 1 amide bonds. The number of amides is 1. The first-order valence-electron chi connectivity index (χ1n) is 2.35. The monoisotopic (exact) mass is 112 g/mol. The number of rotatable bonds is 2. The Morgan fingerprint density at radius 2 is 2.12 bits per heavy atom. The van der Waals surface area contributed by atoms with Gasteiger partial charge in [-0.2, -0.15) is 0 Å². The van der Waals surface area contributed by atoms with E-state index in [0.29, 0.717) is 0 Å². The van der Waals surface area contributed by atoms with Crippen molar-refractivity contribution in [2.45, 2.75) is 0 Å². The Morgan fingerprint density at radius 1 is 1.62 bits per heavy atom. The van der Waals surface area contributed by atoms with E-state index in [0.717, 1.165) is 0 Å². The molecular weight excluding hydrogens is 102 g/mol. The van der Waals surface area contributed by atoms with Crippen LogP contribution in [0.2, 0.25) is 0 Å². The lowest BCUT2D eigenvalue weighted by molar-refractivity contribution is -0.124. The molecule has 0 bridgehead atoms. The summed E-state index contributed by atoms with van der Waals surface area (Å²) in [6.07, 6.45) is 2.89. The Morgan fingerprint density at radius 3 is 2.25 bits per heavy atom. The van der Waals surface area contributed by atoms with Crippen LogP contribution in [0, 0.1) is 6.42 Å². The van der Waals surface area contributed by atoms with Gasteiger partial charge in [0.15, 0.2) is 0 Å². The molecule has 0 aromatic carbocycles. The van der Waals surface area contributed by atoms with Crippen LogP contribution >= 0.6 is 0 Å². The maximum atomic E-state index is 10.5. The zero-order valence-corrected chi connectivity index (χ0v) is 5.22. The lowest BCUT2D eigenvalue weighted by atomic mass is 10.4. The van der Waals surface area contributed by atoms with Crippen LogP contribution in [-0.4, -0.2) is 24.9 Å². The van der Waals surface area contributed by atoms with E-state index < -0.39 is 0 Å². The molecule has 0 aliphatic rings. The summed E-state index contributed by atoms with van der Waals surface area (Å²) in [5.41, 5.74) is 0. The average molecular weight is 112 g/mol. The highest BCUT2D eigenvalue weighted by Crippen LogP contribution is 1.83. The summed E-state index contributed by atoms with van der Waals surface area (Å²) in [5, 5.41) is 0. The highest BCUT2D eigenvalue weighted by atomic mass is 16.2. The fourth-order valence-corrected chi connectivity index (χ4v) is 0.250. The van der Waals surface area contributed by atoms with E-state index in [-0.39, 0.29) is 5.91 Å². The van der Waals surface area contributed by atoms with Crippen LogP contribution in [0.3, 0.4) is 0 Å². The van der Waals surface area contributed by atoms with Crippen molar-refractivity contribution in [3.8, 4) is 0 Å². The second-order valence-corrected chi connectivity index (χ2v) is 1.64. The number of hydrogen-bond donors (Lipinski definition) is 0. The lowest BCUT2D eigenvalue weighted by Gasteiger charge is -2.05. The van der Waals surface area contributed by atoms with E-state index in [2.05, 4.69) is 6.58 Å². The van der Waals surface area contributed by atoms with E-state index in [4.69, 9.17) is 0 Å². The van der Waals surface area contributed by atoms with Crippen molar-refractivity contribution in [2.24, 2.45) is 0 Å². The predicted molar refractivity (Wildman–Crippen MR) is 33.2 cm³/mol. The molecule has 0 saturated heterocycles. The fourth-order valence-electron chi connectivity index (χ4n) is 0.250. The van der Waals surface area contributed by atoms with Crippen LogP contribution < -0.4 is 0 Å². The van der Waals surface area contributed by atoms with Gasteiger partial charge in [-0.1, -0.05) is 6.08 Å². The molecule has 0 aromatic heterocycles. The van der Waals surface area contributed by atoms with Crippen molar-refractivity contribution >= 4 is 5.91 Å². The minimum absolute atomic E-state index is 0.0278. The quantitative estimate of drug-likeness (QED) is 0.508. The molecule has 8 heavy (non-hydrogen) atoms. The predicted octanol–water partition coefficient (Wildman–Crippen LogP) is 0.465. The summed E-state index contributed by atoms with van der Waals surface area (Å²) in [5.74, 6) is -0.0278. The normalized spacial score (nSPS) is 8.25. The van der Waals surface area contributed by atoms with Gasteiger partial charge in [-0.25, -0.2) is 0 Å². The summed E-state index contributed by atoms with van der Waals surface area (Å²) in [7, 11) is 3.39. The van der Waals surface area contributed by atoms with E-state index in [1.54, 1.807) is 14.1 Å². The molecule has 0 saturated carbocycles. The van der Waals surface area contributed by atoms with Gasteiger partial charge in [0.25, 0.3) is 0 Å². The second-order valence-electron chi connectivity index (χ2n) is 1.64. The van der Waals surface area contributed by atoms with Gasteiger partial charge < -0.3 is 4.90 Å². The maximum Gasteiger partial charge on any atom is 0.230 e. The largest absolute Gasteiger partial charge is 0.348 e. The summed E-state index contributed by atoms with van der Waals surface area (Å²) in [6, 6.07) is 0. The van der Waals surface area contributed by atoms with Crippen molar-refractivity contribution in [1.82, 2.24) is 4.90 Å². The lowest BCUT2D eigenvalue weighted by Crippen LogP contribution is -2.20. The standard InChI is InChI=1S/C6H10NO/c1-4-5-6(8)7(2)3/h4-5H,1H2,2-3H3. The van der Waals surface area contributed by atoms with Gasteiger partial charge in [0.1, 0.15) is 0 Å². The molecule has 0 aliphatic heterocycles. The molecule has 0 N–H and O–H groups in total. The van der Waals surface area contributed by atoms with Gasteiger partial charge in [-0.3, -0.25) is 4.79 Å². The average Bonchev–Trinajstić information content (AvgIpc) is 1.67. The number of hydrogen-bond acceptors (Lipinski definition) is 1. The van der Waals surface area contributed by atoms with Crippen LogP contribution in [0.25, 0.3) is 0 Å².